The van der Waals surface area contributed by atoms with Crippen LogP contribution in [-0.2, 0) is 25.3 Å². The summed E-state index contributed by atoms with van der Waals surface area (Å²) >= 11 is 0. The molecule has 21 heavy (non-hydrogen) atoms. The van der Waals surface area contributed by atoms with E-state index in [1.165, 1.54) is 13.2 Å². The third-order valence-corrected chi connectivity index (χ3v) is 4.81. The molecule has 1 aromatic rings. The van der Waals surface area contributed by atoms with Gasteiger partial charge in [-0.1, -0.05) is 12.1 Å². The minimum Gasteiger partial charge on any atom is -0.468 e. The highest BCUT2D eigenvalue weighted by atomic mass is 32.2. The summed E-state index contributed by atoms with van der Waals surface area (Å²) in [5.74, 6) is -0.879. The zero-order valence-electron chi connectivity index (χ0n) is 12.2. The first-order valence-corrected chi connectivity index (χ1v) is 7.96. The van der Waals surface area contributed by atoms with Crippen molar-refractivity contribution in [3.8, 4) is 6.07 Å². The van der Waals surface area contributed by atoms with Crippen molar-refractivity contribution >= 4 is 16.0 Å². The number of ether oxygens (including phenoxy) is 1. The van der Waals surface area contributed by atoms with Crippen molar-refractivity contribution in [3.05, 3.63) is 35.4 Å². The summed E-state index contributed by atoms with van der Waals surface area (Å²) < 4.78 is 30.5. The SMILES string of the molecule is COC(=O)CN(C(C)C)S(=O)(=O)Cc1cccc(C#N)c1. The predicted octanol–water partition coefficient (Wildman–Crippen LogP) is 1.27. The van der Waals surface area contributed by atoms with E-state index >= 15 is 0 Å². The van der Waals surface area contributed by atoms with E-state index in [0.29, 0.717) is 11.1 Å². The van der Waals surface area contributed by atoms with Crippen molar-refractivity contribution in [3.63, 3.8) is 0 Å². The van der Waals surface area contributed by atoms with Gasteiger partial charge >= 0.3 is 5.97 Å². The molecular weight excluding hydrogens is 292 g/mol. The summed E-state index contributed by atoms with van der Waals surface area (Å²) in [5, 5.41) is 8.84. The smallest absolute Gasteiger partial charge is 0.321 e. The number of hydrogen-bond acceptors (Lipinski definition) is 5. The van der Waals surface area contributed by atoms with Crippen LogP contribution in [0.15, 0.2) is 24.3 Å². The van der Waals surface area contributed by atoms with Gasteiger partial charge in [0.05, 0.1) is 24.5 Å². The normalized spacial score (nSPS) is 11.4. The molecular formula is C14H18N2O4S. The van der Waals surface area contributed by atoms with E-state index in [4.69, 9.17) is 5.26 Å². The van der Waals surface area contributed by atoms with Crippen LogP contribution in [0.5, 0.6) is 0 Å². The Balaban J connectivity index is 3.01. The molecule has 0 atom stereocenters. The van der Waals surface area contributed by atoms with Crippen LogP contribution in [0.25, 0.3) is 0 Å². The lowest BCUT2D eigenvalue weighted by molar-refractivity contribution is -0.141. The van der Waals surface area contributed by atoms with E-state index in [-0.39, 0.29) is 18.3 Å². The fourth-order valence-electron chi connectivity index (χ4n) is 1.82. The molecule has 0 saturated heterocycles. The van der Waals surface area contributed by atoms with Gasteiger partial charge in [-0.2, -0.15) is 9.57 Å². The highest BCUT2D eigenvalue weighted by Gasteiger charge is 2.27. The number of sulfonamides is 1. The average molecular weight is 310 g/mol. The average Bonchev–Trinajstić information content (AvgIpc) is 2.43. The second-order valence-electron chi connectivity index (χ2n) is 4.78. The summed E-state index contributed by atoms with van der Waals surface area (Å²) in [7, 11) is -2.47. The monoisotopic (exact) mass is 310 g/mol. The Morgan fingerprint density at radius 1 is 1.43 bits per heavy atom. The maximum Gasteiger partial charge on any atom is 0.321 e. The van der Waals surface area contributed by atoms with Crippen LogP contribution in [0.2, 0.25) is 0 Å². The van der Waals surface area contributed by atoms with Gasteiger partial charge in [0.1, 0.15) is 6.54 Å². The van der Waals surface area contributed by atoms with Gasteiger partial charge in [0.25, 0.3) is 0 Å². The lowest BCUT2D eigenvalue weighted by Gasteiger charge is -2.24. The predicted molar refractivity (Wildman–Crippen MR) is 77.6 cm³/mol. The zero-order chi connectivity index (χ0) is 16.0. The molecule has 0 fully saturated rings. The summed E-state index contributed by atoms with van der Waals surface area (Å²) in [6.07, 6.45) is 0. The van der Waals surface area contributed by atoms with E-state index < -0.39 is 16.0 Å². The molecule has 0 aromatic heterocycles. The standard InChI is InChI=1S/C14H18N2O4S/c1-11(2)16(9-14(17)20-3)21(18,19)10-13-6-4-5-12(7-13)8-15/h4-7,11H,9-10H2,1-3H3. The van der Waals surface area contributed by atoms with E-state index in [1.807, 2.05) is 6.07 Å². The lowest BCUT2D eigenvalue weighted by Crippen LogP contribution is -2.41. The van der Waals surface area contributed by atoms with Crippen molar-refractivity contribution in [1.29, 1.82) is 5.26 Å². The Bertz CT molecular complexity index is 647. The molecule has 0 spiro atoms. The fraction of sp³-hybridized carbons (Fsp3) is 0.429. The van der Waals surface area contributed by atoms with Crippen molar-refractivity contribution in [2.75, 3.05) is 13.7 Å². The third-order valence-electron chi connectivity index (χ3n) is 2.85. The molecule has 7 heteroatoms. The number of nitriles is 1. The molecule has 0 aliphatic rings. The number of esters is 1. The van der Waals surface area contributed by atoms with Crippen LogP contribution in [0.1, 0.15) is 25.0 Å². The Morgan fingerprint density at radius 3 is 2.62 bits per heavy atom. The Kier molecular flexibility index (Phi) is 5.88. The minimum atomic E-state index is -3.68. The number of nitrogens with zero attached hydrogens (tertiary/aromatic N) is 2. The molecule has 0 N–H and O–H groups in total. The van der Waals surface area contributed by atoms with Crippen LogP contribution < -0.4 is 0 Å². The van der Waals surface area contributed by atoms with E-state index in [9.17, 15) is 13.2 Å². The summed E-state index contributed by atoms with van der Waals surface area (Å²) in [5.41, 5.74) is 0.899. The second kappa shape index (κ2) is 7.20. The molecule has 0 radical (unpaired) electrons. The van der Waals surface area contributed by atoms with Crippen LogP contribution >= 0.6 is 0 Å². The van der Waals surface area contributed by atoms with Gasteiger partial charge in [0.15, 0.2) is 0 Å². The molecule has 0 unspecified atom stereocenters. The van der Waals surface area contributed by atoms with Gasteiger partial charge in [-0.25, -0.2) is 8.42 Å². The molecule has 0 heterocycles. The zero-order valence-corrected chi connectivity index (χ0v) is 13.1. The van der Waals surface area contributed by atoms with E-state index in [2.05, 4.69) is 4.74 Å². The minimum absolute atomic E-state index is 0.266. The molecule has 0 bridgehead atoms. The van der Waals surface area contributed by atoms with Gasteiger partial charge in [-0.15, -0.1) is 0 Å². The molecule has 1 aromatic carbocycles. The maximum atomic E-state index is 12.4. The lowest BCUT2D eigenvalue weighted by atomic mass is 10.2. The Hall–Kier alpha value is -1.91. The summed E-state index contributed by atoms with van der Waals surface area (Å²) in [6, 6.07) is 7.98. The van der Waals surface area contributed by atoms with Crippen LogP contribution in [0.4, 0.5) is 0 Å². The van der Waals surface area contributed by atoms with Crippen LogP contribution in [-0.4, -0.2) is 38.4 Å². The van der Waals surface area contributed by atoms with Crippen molar-refractivity contribution in [2.24, 2.45) is 0 Å². The third kappa shape index (κ3) is 4.85. The molecule has 0 aliphatic carbocycles. The van der Waals surface area contributed by atoms with E-state index in [0.717, 1.165) is 4.31 Å². The van der Waals surface area contributed by atoms with Crippen LogP contribution in [0.3, 0.4) is 0 Å². The summed E-state index contributed by atoms with van der Waals surface area (Å²) in [4.78, 5) is 11.4. The van der Waals surface area contributed by atoms with Crippen molar-refractivity contribution < 1.29 is 17.9 Å². The fourth-order valence-corrected chi connectivity index (χ4v) is 3.53. The first-order chi connectivity index (χ1) is 9.80. The first kappa shape index (κ1) is 17.1. The van der Waals surface area contributed by atoms with Crippen LogP contribution in [0, 0.1) is 11.3 Å². The van der Waals surface area contributed by atoms with Crippen molar-refractivity contribution in [1.82, 2.24) is 4.31 Å². The maximum absolute atomic E-state index is 12.4. The van der Waals surface area contributed by atoms with E-state index in [1.54, 1.807) is 32.0 Å². The number of carbonyl (C=O) groups excluding carboxylic acids is 1. The number of carbonyl (C=O) groups is 1. The van der Waals surface area contributed by atoms with Gasteiger partial charge in [-0.3, -0.25) is 4.79 Å². The van der Waals surface area contributed by atoms with Gasteiger partial charge < -0.3 is 4.74 Å². The highest BCUT2D eigenvalue weighted by Crippen LogP contribution is 2.15. The highest BCUT2D eigenvalue weighted by molar-refractivity contribution is 7.88. The second-order valence-corrected chi connectivity index (χ2v) is 6.71. The van der Waals surface area contributed by atoms with Gasteiger partial charge in [0, 0.05) is 6.04 Å². The number of methoxy groups -OCH3 is 1. The largest absolute Gasteiger partial charge is 0.468 e. The molecule has 1 rings (SSSR count). The topological polar surface area (TPSA) is 87.5 Å². The molecule has 114 valence electrons. The number of benzene rings is 1. The molecule has 0 aliphatic heterocycles. The first-order valence-electron chi connectivity index (χ1n) is 6.35. The van der Waals surface area contributed by atoms with Gasteiger partial charge in [0.2, 0.25) is 10.0 Å². The number of hydrogen-bond donors (Lipinski definition) is 0. The summed E-state index contributed by atoms with van der Waals surface area (Å²) in [6.45, 7) is 3.05. The van der Waals surface area contributed by atoms with Gasteiger partial charge in [-0.05, 0) is 31.5 Å². The molecule has 6 nitrogen and oxygen atoms in total. The molecule has 0 amide bonds. The Morgan fingerprint density at radius 2 is 2.10 bits per heavy atom. The molecule has 0 saturated carbocycles. The Labute approximate surface area is 125 Å². The van der Waals surface area contributed by atoms with Crippen molar-refractivity contribution in [2.45, 2.75) is 25.6 Å². The quantitative estimate of drug-likeness (QED) is 0.738. The number of rotatable bonds is 6.